The molecule has 1 aliphatic heterocycles. The van der Waals surface area contributed by atoms with Gasteiger partial charge in [0, 0.05) is 18.8 Å². The summed E-state index contributed by atoms with van der Waals surface area (Å²) in [6, 6.07) is 0. The van der Waals surface area contributed by atoms with E-state index in [-0.39, 0.29) is 17.8 Å². The van der Waals surface area contributed by atoms with Crippen LogP contribution in [0.25, 0.3) is 0 Å². The molecule has 1 aliphatic carbocycles. The van der Waals surface area contributed by atoms with Crippen molar-refractivity contribution in [3.05, 3.63) is 0 Å². The fourth-order valence-corrected chi connectivity index (χ4v) is 3.01. The predicted octanol–water partition coefficient (Wildman–Crippen LogP) is 1.04. The average molecular weight is 226 g/mol. The van der Waals surface area contributed by atoms with Gasteiger partial charge in [-0.3, -0.25) is 4.79 Å². The van der Waals surface area contributed by atoms with E-state index in [2.05, 4.69) is 0 Å². The van der Waals surface area contributed by atoms with Crippen LogP contribution in [0.2, 0.25) is 0 Å². The molecule has 1 heterocycles. The number of carbonyl (C=O) groups excluding carboxylic acids is 2. The molecule has 0 spiro atoms. The van der Waals surface area contributed by atoms with Crippen LogP contribution in [0.15, 0.2) is 0 Å². The Kier molecular flexibility index (Phi) is 3.59. The lowest BCUT2D eigenvalue weighted by Gasteiger charge is -2.34. The molecule has 0 aromatic rings. The first-order valence-corrected chi connectivity index (χ1v) is 5.88. The van der Waals surface area contributed by atoms with Crippen LogP contribution in [0.5, 0.6) is 0 Å². The second kappa shape index (κ2) is 4.95. The fourth-order valence-electron chi connectivity index (χ4n) is 3.01. The Morgan fingerprint density at radius 3 is 2.88 bits per heavy atom. The van der Waals surface area contributed by atoms with Crippen molar-refractivity contribution in [2.75, 3.05) is 19.8 Å². The second-order valence-electron chi connectivity index (χ2n) is 4.81. The minimum Gasteiger partial charge on any atom is -0.465 e. The van der Waals surface area contributed by atoms with Crippen molar-refractivity contribution in [3.8, 4) is 0 Å². The van der Waals surface area contributed by atoms with Crippen LogP contribution in [-0.2, 0) is 19.1 Å². The molecule has 2 fully saturated rings. The smallest absolute Gasteiger partial charge is 0.302 e. The molecule has 1 saturated heterocycles. The largest absolute Gasteiger partial charge is 0.465 e. The molecular weight excluding hydrogens is 208 g/mol. The lowest BCUT2D eigenvalue weighted by molar-refractivity contribution is -0.146. The van der Waals surface area contributed by atoms with Gasteiger partial charge in [-0.05, 0) is 24.7 Å². The normalized spacial score (nSPS) is 37.8. The molecule has 2 aliphatic rings. The monoisotopic (exact) mass is 226 g/mol. The first-order chi connectivity index (χ1) is 7.72. The maximum absolute atomic E-state index is 10.9. The van der Waals surface area contributed by atoms with Crippen LogP contribution in [0.1, 0.15) is 19.8 Å². The van der Waals surface area contributed by atoms with E-state index in [4.69, 9.17) is 9.47 Å². The Hall–Kier alpha value is -0.900. The molecule has 4 nitrogen and oxygen atoms in total. The van der Waals surface area contributed by atoms with Crippen LogP contribution in [0.3, 0.4) is 0 Å². The van der Waals surface area contributed by atoms with Crippen LogP contribution in [0.4, 0.5) is 0 Å². The fraction of sp³-hybridized carbons (Fsp3) is 0.833. The Morgan fingerprint density at radius 1 is 1.38 bits per heavy atom. The van der Waals surface area contributed by atoms with Crippen molar-refractivity contribution in [1.29, 1.82) is 0 Å². The van der Waals surface area contributed by atoms with Gasteiger partial charge in [-0.2, -0.15) is 0 Å². The first kappa shape index (κ1) is 11.6. The van der Waals surface area contributed by atoms with Gasteiger partial charge in [-0.15, -0.1) is 0 Å². The minimum atomic E-state index is -0.243. The molecule has 2 rings (SSSR count). The second-order valence-corrected chi connectivity index (χ2v) is 4.81. The third kappa shape index (κ3) is 2.26. The molecule has 90 valence electrons. The van der Waals surface area contributed by atoms with Crippen molar-refractivity contribution in [1.82, 2.24) is 0 Å². The standard InChI is InChI=1S/C12H18O4/c1-8(14)16-6-10-5-15-7-12-9(4-13)2-3-11(10)12/h4,9-12H,2-3,5-7H2,1H3. The first-order valence-electron chi connectivity index (χ1n) is 5.88. The molecule has 0 aromatic heterocycles. The zero-order valence-electron chi connectivity index (χ0n) is 9.56. The van der Waals surface area contributed by atoms with Crippen molar-refractivity contribution < 1.29 is 19.1 Å². The summed E-state index contributed by atoms with van der Waals surface area (Å²) in [5, 5.41) is 0. The van der Waals surface area contributed by atoms with Gasteiger partial charge < -0.3 is 14.3 Å². The number of carbonyl (C=O) groups is 2. The van der Waals surface area contributed by atoms with Gasteiger partial charge >= 0.3 is 5.97 Å². The number of aldehydes is 1. The third-order valence-electron chi connectivity index (χ3n) is 3.86. The molecule has 4 unspecified atom stereocenters. The van der Waals surface area contributed by atoms with Gasteiger partial charge in [0.2, 0.25) is 0 Å². The summed E-state index contributed by atoms with van der Waals surface area (Å²) >= 11 is 0. The molecule has 0 radical (unpaired) electrons. The number of hydrogen-bond acceptors (Lipinski definition) is 4. The van der Waals surface area contributed by atoms with Gasteiger partial charge in [0.1, 0.15) is 6.29 Å². The molecule has 16 heavy (non-hydrogen) atoms. The van der Waals surface area contributed by atoms with Gasteiger partial charge in [-0.1, -0.05) is 0 Å². The topological polar surface area (TPSA) is 52.6 Å². The highest BCUT2D eigenvalue weighted by atomic mass is 16.5. The van der Waals surface area contributed by atoms with E-state index in [0.717, 1.165) is 19.1 Å². The van der Waals surface area contributed by atoms with Crippen molar-refractivity contribution in [2.24, 2.45) is 23.7 Å². The Morgan fingerprint density at radius 2 is 2.19 bits per heavy atom. The number of hydrogen-bond donors (Lipinski definition) is 0. The zero-order valence-corrected chi connectivity index (χ0v) is 9.56. The van der Waals surface area contributed by atoms with Gasteiger partial charge in [0.05, 0.1) is 19.8 Å². The minimum absolute atomic E-state index is 0.144. The summed E-state index contributed by atoms with van der Waals surface area (Å²) in [6.45, 7) is 3.19. The number of esters is 1. The molecular formula is C12H18O4. The Bertz CT molecular complexity index is 276. The van der Waals surface area contributed by atoms with Gasteiger partial charge in [0.15, 0.2) is 0 Å². The third-order valence-corrected chi connectivity index (χ3v) is 3.86. The van der Waals surface area contributed by atoms with E-state index in [9.17, 15) is 9.59 Å². The van der Waals surface area contributed by atoms with Gasteiger partial charge in [0.25, 0.3) is 0 Å². The average Bonchev–Trinajstić information content (AvgIpc) is 2.69. The van der Waals surface area contributed by atoms with Crippen molar-refractivity contribution in [2.45, 2.75) is 19.8 Å². The maximum atomic E-state index is 10.9. The highest BCUT2D eigenvalue weighted by Crippen LogP contribution is 2.43. The molecule has 1 saturated carbocycles. The van der Waals surface area contributed by atoms with E-state index in [0.29, 0.717) is 31.7 Å². The van der Waals surface area contributed by atoms with Gasteiger partial charge in [-0.25, -0.2) is 0 Å². The molecule has 0 aromatic carbocycles. The zero-order chi connectivity index (χ0) is 11.5. The molecule has 0 N–H and O–H groups in total. The van der Waals surface area contributed by atoms with Crippen LogP contribution >= 0.6 is 0 Å². The molecule has 4 atom stereocenters. The maximum Gasteiger partial charge on any atom is 0.302 e. The Labute approximate surface area is 95.3 Å². The van der Waals surface area contributed by atoms with Crippen LogP contribution in [-0.4, -0.2) is 32.1 Å². The Balaban J connectivity index is 1.94. The summed E-state index contributed by atoms with van der Waals surface area (Å²) in [5.41, 5.74) is 0. The van der Waals surface area contributed by atoms with Crippen molar-refractivity contribution >= 4 is 12.3 Å². The summed E-state index contributed by atoms with van der Waals surface area (Å²) in [7, 11) is 0. The van der Waals surface area contributed by atoms with E-state index in [1.54, 1.807) is 0 Å². The van der Waals surface area contributed by atoms with E-state index < -0.39 is 0 Å². The van der Waals surface area contributed by atoms with E-state index in [1.165, 1.54) is 6.92 Å². The summed E-state index contributed by atoms with van der Waals surface area (Å²) in [5.74, 6) is 1.000. The summed E-state index contributed by atoms with van der Waals surface area (Å²) in [6.07, 6.45) is 3.07. The SMILES string of the molecule is CC(=O)OCC1COCC2C(C=O)CCC12. The molecule has 4 heteroatoms. The summed E-state index contributed by atoms with van der Waals surface area (Å²) < 4.78 is 10.6. The van der Waals surface area contributed by atoms with E-state index >= 15 is 0 Å². The van der Waals surface area contributed by atoms with E-state index in [1.807, 2.05) is 0 Å². The molecule has 0 amide bonds. The van der Waals surface area contributed by atoms with Crippen molar-refractivity contribution in [3.63, 3.8) is 0 Å². The predicted molar refractivity (Wildman–Crippen MR) is 56.7 cm³/mol. The lowest BCUT2D eigenvalue weighted by Crippen LogP contribution is -2.37. The highest BCUT2D eigenvalue weighted by molar-refractivity contribution is 5.65. The quantitative estimate of drug-likeness (QED) is 0.533. The number of ether oxygens (including phenoxy) is 2. The molecule has 0 bridgehead atoms. The van der Waals surface area contributed by atoms with Crippen LogP contribution < -0.4 is 0 Å². The highest BCUT2D eigenvalue weighted by Gasteiger charge is 2.43. The lowest BCUT2D eigenvalue weighted by atomic mass is 9.80. The van der Waals surface area contributed by atoms with Crippen LogP contribution in [0, 0.1) is 23.7 Å². The summed E-state index contributed by atoms with van der Waals surface area (Å²) in [4.78, 5) is 21.7. The number of rotatable bonds is 3. The number of fused-ring (bicyclic) bond motifs is 1.